The van der Waals surface area contributed by atoms with E-state index in [1.54, 1.807) is 0 Å². The molecule has 1 heterocycles. The molecule has 1 aromatic rings. The van der Waals surface area contributed by atoms with Crippen LogP contribution in [0.3, 0.4) is 0 Å². The van der Waals surface area contributed by atoms with E-state index in [4.69, 9.17) is 9.47 Å². The second-order valence-corrected chi connectivity index (χ2v) is 5.69. The topological polar surface area (TPSA) is 50.9 Å². The van der Waals surface area contributed by atoms with Gasteiger partial charge in [0, 0.05) is 6.04 Å². The summed E-state index contributed by atoms with van der Waals surface area (Å²) >= 11 is 0. The van der Waals surface area contributed by atoms with Crippen LogP contribution in [0.4, 0.5) is 4.79 Å². The number of hydrogen-bond acceptors (Lipinski definition) is 3. The number of alkyl carbamates (subject to hydrolysis) is 1. The van der Waals surface area contributed by atoms with E-state index in [-0.39, 0.29) is 12.1 Å². The van der Waals surface area contributed by atoms with Crippen LogP contribution < -0.4 is 5.32 Å². The van der Waals surface area contributed by atoms with Crippen LogP contribution in [-0.2, 0) is 16.1 Å². The van der Waals surface area contributed by atoms with Crippen molar-refractivity contribution >= 4 is 6.09 Å². The van der Waals surface area contributed by atoms with Gasteiger partial charge < -0.3 is 14.8 Å². The summed E-state index contributed by atoms with van der Waals surface area (Å²) in [6, 6.07) is 10.00. The second kappa shape index (κ2) is 6.27. The maximum atomic E-state index is 11.8. The van der Waals surface area contributed by atoms with Crippen molar-refractivity contribution in [2.24, 2.45) is 5.92 Å². The molecule has 2 aliphatic rings. The number of carbonyl (C=O) groups is 1. The quantitative estimate of drug-likeness (QED) is 0.860. The Hall–Kier alpha value is -1.55. The predicted molar refractivity (Wildman–Crippen MR) is 75.2 cm³/mol. The van der Waals surface area contributed by atoms with Gasteiger partial charge in [0.05, 0.1) is 12.7 Å². The Kier molecular flexibility index (Phi) is 4.21. The Morgan fingerprint density at radius 2 is 1.90 bits per heavy atom. The lowest BCUT2D eigenvalue weighted by molar-refractivity contribution is 0.130. The number of amides is 1. The van der Waals surface area contributed by atoms with Crippen molar-refractivity contribution < 1.29 is 14.3 Å². The molecule has 0 bridgehead atoms. The average Bonchev–Trinajstić information content (AvgIpc) is 3.32. The third-order valence-electron chi connectivity index (χ3n) is 4.19. The third-order valence-corrected chi connectivity index (χ3v) is 4.19. The molecule has 1 saturated carbocycles. The van der Waals surface area contributed by atoms with Crippen molar-refractivity contribution in [1.29, 1.82) is 0 Å². The molecular weight excluding hydrogens is 254 g/mol. The summed E-state index contributed by atoms with van der Waals surface area (Å²) < 4.78 is 10.6. The number of epoxide rings is 1. The summed E-state index contributed by atoms with van der Waals surface area (Å²) in [4.78, 5) is 11.8. The van der Waals surface area contributed by atoms with Crippen molar-refractivity contribution in [3.05, 3.63) is 35.9 Å². The predicted octanol–water partition coefficient (Wildman–Crippen LogP) is 2.87. The summed E-state index contributed by atoms with van der Waals surface area (Å²) in [5.74, 6) is 0.702. The van der Waals surface area contributed by atoms with Gasteiger partial charge in [-0.15, -0.1) is 0 Å². The van der Waals surface area contributed by atoms with Crippen molar-refractivity contribution in [3.8, 4) is 0 Å². The number of ether oxygens (including phenoxy) is 2. The monoisotopic (exact) mass is 275 g/mol. The zero-order chi connectivity index (χ0) is 13.8. The lowest BCUT2D eigenvalue weighted by Crippen LogP contribution is -2.38. The van der Waals surface area contributed by atoms with E-state index in [1.165, 1.54) is 0 Å². The van der Waals surface area contributed by atoms with Crippen molar-refractivity contribution in [2.75, 3.05) is 6.61 Å². The van der Waals surface area contributed by atoms with Gasteiger partial charge in [0.1, 0.15) is 6.61 Å². The van der Waals surface area contributed by atoms with E-state index in [0.717, 1.165) is 37.9 Å². The van der Waals surface area contributed by atoms with Crippen molar-refractivity contribution in [3.63, 3.8) is 0 Å². The summed E-state index contributed by atoms with van der Waals surface area (Å²) in [6.45, 7) is 1.26. The lowest BCUT2D eigenvalue weighted by Gasteiger charge is -2.27. The molecule has 2 fully saturated rings. The van der Waals surface area contributed by atoms with Crippen LogP contribution in [0, 0.1) is 5.92 Å². The standard InChI is InChI=1S/C16H21NO3/c18-16(20-10-12-4-2-1-3-5-12)17-14-8-6-13(7-9-14)15-11-19-15/h1-5,13-15H,6-11H2,(H,17,18)/t13?,14?,15-/m0/s1. The molecule has 1 atom stereocenters. The van der Waals surface area contributed by atoms with Gasteiger partial charge in [0.25, 0.3) is 0 Å². The van der Waals surface area contributed by atoms with E-state index in [1.807, 2.05) is 30.3 Å². The van der Waals surface area contributed by atoms with E-state index in [2.05, 4.69) is 5.32 Å². The molecule has 1 aliphatic heterocycles. The first-order chi connectivity index (χ1) is 9.81. The van der Waals surface area contributed by atoms with E-state index < -0.39 is 0 Å². The minimum Gasteiger partial charge on any atom is -0.445 e. The molecule has 3 rings (SSSR count). The molecule has 1 aromatic carbocycles. The first-order valence-corrected chi connectivity index (χ1v) is 7.40. The first-order valence-electron chi connectivity index (χ1n) is 7.40. The van der Waals surface area contributed by atoms with Crippen LogP contribution in [0.15, 0.2) is 30.3 Å². The molecular formula is C16H21NO3. The van der Waals surface area contributed by atoms with Crippen LogP contribution in [0.25, 0.3) is 0 Å². The number of rotatable bonds is 4. The molecule has 4 nitrogen and oxygen atoms in total. The van der Waals surface area contributed by atoms with E-state index in [9.17, 15) is 4.79 Å². The summed E-state index contributed by atoms with van der Waals surface area (Å²) in [5.41, 5.74) is 1.01. The number of nitrogens with one attached hydrogen (secondary N) is 1. The summed E-state index contributed by atoms with van der Waals surface area (Å²) in [5, 5.41) is 2.97. The van der Waals surface area contributed by atoms with E-state index >= 15 is 0 Å². The molecule has 0 radical (unpaired) electrons. The summed E-state index contributed by atoms with van der Waals surface area (Å²) in [7, 11) is 0. The Morgan fingerprint density at radius 3 is 2.55 bits per heavy atom. The maximum Gasteiger partial charge on any atom is 0.407 e. The highest BCUT2D eigenvalue weighted by molar-refractivity contribution is 5.67. The maximum absolute atomic E-state index is 11.8. The molecule has 4 heteroatoms. The number of benzene rings is 1. The highest BCUT2D eigenvalue weighted by atomic mass is 16.6. The lowest BCUT2D eigenvalue weighted by atomic mass is 9.84. The average molecular weight is 275 g/mol. The molecule has 0 spiro atoms. The van der Waals surface area contributed by atoms with Gasteiger partial charge in [-0.1, -0.05) is 30.3 Å². The first kappa shape index (κ1) is 13.4. The molecule has 1 aliphatic carbocycles. The molecule has 1 amide bonds. The number of carbonyl (C=O) groups excluding carboxylic acids is 1. The van der Waals surface area contributed by atoms with Crippen LogP contribution in [0.2, 0.25) is 0 Å². The van der Waals surface area contributed by atoms with Gasteiger partial charge in [-0.3, -0.25) is 0 Å². The fraction of sp³-hybridized carbons (Fsp3) is 0.562. The Balaban J connectivity index is 1.36. The third kappa shape index (κ3) is 3.73. The van der Waals surface area contributed by atoms with Gasteiger partial charge in [-0.25, -0.2) is 4.79 Å². The minimum absolute atomic E-state index is 0.258. The van der Waals surface area contributed by atoms with Gasteiger partial charge in [0.2, 0.25) is 0 Å². The molecule has 1 saturated heterocycles. The Labute approximate surface area is 119 Å². The largest absolute Gasteiger partial charge is 0.445 e. The van der Waals surface area contributed by atoms with Gasteiger partial charge in [0.15, 0.2) is 0 Å². The highest BCUT2D eigenvalue weighted by Crippen LogP contribution is 2.33. The number of hydrogen-bond donors (Lipinski definition) is 1. The van der Waals surface area contributed by atoms with Gasteiger partial charge in [-0.2, -0.15) is 0 Å². The SMILES string of the molecule is O=C(NC1CCC([C@@H]2CO2)CC1)OCc1ccccc1. The fourth-order valence-electron chi connectivity index (χ4n) is 2.89. The Bertz CT molecular complexity index is 436. The van der Waals surface area contributed by atoms with Crippen LogP contribution in [0.5, 0.6) is 0 Å². The molecule has 20 heavy (non-hydrogen) atoms. The van der Waals surface area contributed by atoms with Crippen LogP contribution >= 0.6 is 0 Å². The smallest absolute Gasteiger partial charge is 0.407 e. The van der Waals surface area contributed by atoms with Crippen LogP contribution in [-0.4, -0.2) is 24.8 Å². The van der Waals surface area contributed by atoms with Gasteiger partial charge >= 0.3 is 6.09 Å². The zero-order valence-corrected chi connectivity index (χ0v) is 11.6. The van der Waals surface area contributed by atoms with Gasteiger partial charge in [-0.05, 0) is 37.2 Å². The molecule has 0 aromatic heterocycles. The normalized spacial score (nSPS) is 28.7. The van der Waals surface area contributed by atoms with Crippen molar-refractivity contribution in [1.82, 2.24) is 5.32 Å². The molecule has 0 unspecified atom stereocenters. The fourth-order valence-corrected chi connectivity index (χ4v) is 2.89. The Morgan fingerprint density at radius 1 is 1.20 bits per heavy atom. The van der Waals surface area contributed by atoms with Crippen LogP contribution in [0.1, 0.15) is 31.2 Å². The van der Waals surface area contributed by atoms with Crippen molar-refractivity contribution in [2.45, 2.75) is 44.4 Å². The summed E-state index contributed by atoms with van der Waals surface area (Å²) in [6.07, 6.45) is 4.55. The molecule has 1 N–H and O–H groups in total. The molecule has 108 valence electrons. The second-order valence-electron chi connectivity index (χ2n) is 5.69. The van der Waals surface area contributed by atoms with E-state index in [0.29, 0.717) is 18.6 Å². The highest BCUT2D eigenvalue weighted by Gasteiger charge is 2.35. The minimum atomic E-state index is -0.306. The zero-order valence-electron chi connectivity index (χ0n) is 11.6.